The Morgan fingerprint density at radius 1 is 1.00 bits per heavy atom. The third-order valence-electron chi connectivity index (χ3n) is 5.21. The summed E-state index contributed by atoms with van der Waals surface area (Å²) in [5, 5.41) is 2.21. The molecule has 0 bridgehead atoms. The molecule has 1 saturated heterocycles. The minimum absolute atomic E-state index is 0.182. The van der Waals surface area contributed by atoms with Crippen LogP contribution in [0.5, 0.6) is 0 Å². The number of halogens is 3. The van der Waals surface area contributed by atoms with Gasteiger partial charge in [-0.05, 0) is 47.7 Å². The lowest BCUT2D eigenvalue weighted by atomic mass is 10.1. The van der Waals surface area contributed by atoms with Crippen LogP contribution in [0.1, 0.15) is 11.1 Å². The maximum Gasteiger partial charge on any atom is 0.416 e. The smallest absolute Gasteiger partial charge is 0.310 e. The van der Waals surface area contributed by atoms with Crippen molar-refractivity contribution in [1.82, 2.24) is 9.88 Å². The van der Waals surface area contributed by atoms with Crippen LogP contribution in [0.25, 0.3) is 10.8 Å². The first-order chi connectivity index (χ1) is 13.9. The van der Waals surface area contributed by atoms with Crippen molar-refractivity contribution < 1.29 is 18.0 Å². The van der Waals surface area contributed by atoms with Gasteiger partial charge in [-0.1, -0.05) is 18.2 Å². The summed E-state index contributed by atoms with van der Waals surface area (Å²) in [5.41, 5.74) is 0.723. The van der Waals surface area contributed by atoms with Crippen LogP contribution in [0.4, 0.5) is 18.9 Å². The molecule has 0 atom stereocenters. The Morgan fingerprint density at radius 3 is 2.66 bits per heavy atom. The van der Waals surface area contributed by atoms with Gasteiger partial charge in [0.1, 0.15) is 0 Å². The molecule has 3 aromatic rings. The summed E-state index contributed by atoms with van der Waals surface area (Å²) >= 11 is 0. The fourth-order valence-corrected chi connectivity index (χ4v) is 3.61. The Bertz CT molecular complexity index is 1030. The molecular weight excluding hydrogens is 379 g/mol. The summed E-state index contributed by atoms with van der Waals surface area (Å²) in [5.74, 6) is -0.182. The van der Waals surface area contributed by atoms with Gasteiger partial charge in [-0.15, -0.1) is 0 Å². The van der Waals surface area contributed by atoms with E-state index in [1.807, 2.05) is 17.2 Å². The normalized spacial score (nSPS) is 15.8. The Morgan fingerprint density at radius 2 is 1.86 bits per heavy atom. The van der Waals surface area contributed by atoms with Crippen molar-refractivity contribution in [2.75, 3.05) is 31.1 Å². The van der Waals surface area contributed by atoms with Crippen molar-refractivity contribution in [1.29, 1.82) is 0 Å². The van der Waals surface area contributed by atoms with Crippen LogP contribution in [0.2, 0.25) is 0 Å². The lowest BCUT2D eigenvalue weighted by Gasteiger charge is -2.34. The second-order valence-electron chi connectivity index (χ2n) is 7.18. The van der Waals surface area contributed by atoms with Crippen LogP contribution in [0, 0.1) is 0 Å². The van der Waals surface area contributed by atoms with Crippen LogP contribution in [-0.4, -0.2) is 42.0 Å². The minimum atomic E-state index is -4.42. The number of hydrogen-bond donors (Lipinski definition) is 0. The molecule has 4 rings (SSSR count). The van der Waals surface area contributed by atoms with Crippen molar-refractivity contribution in [2.24, 2.45) is 0 Å². The van der Waals surface area contributed by atoms with Gasteiger partial charge in [-0.25, -0.2) is 0 Å². The average molecular weight is 399 g/mol. The van der Waals surface area contributed by atoms with Gasteiger partial charge in [0, 0.05) is 43.1 Å². The molecule has 0 N–H and O–H groups in total. The number of amides is 1. The molecule has 0 aliphatic carbocycles. The van der Waals surface area contributed by atoms with Gasteiger partial charge in [-0.3, -0.25) is 14.7 Å². The van der Waals surface area contributed by atoms with Crippen LogP contribution in [0.3, 0.4) is 0 Å². The van der Waals surface area contributed by atoms with E-state index in [4.69, 9.17) is 0 Å². The lowest BCUT2D eigenvalue weighted by Crippen LogP contribution is -2.51. The summed E-state index contributed by atoms with van der Waals surface area (Å²) in [6, 6.07) is 13.1. The monoisotopic (exact) mass is 399 g/mol. The van der Waals surface area contributed by atoms with E-state index in [2.05, 4.69) is 23.2 Å². The number of benzene rings is 2. The fourth-order valence-electron chi connectivity index (χ4n) is 3.61. The Kier molecular flexibility index (Phi) is 5.24. The molecule has 7 heteroatoms. The van der Waals surface area contributed by atoms with Gasteiger partial charge in [0.05, 0.1) is 12.1 Å². The second-order valence-corrected chi connectivity index (χ2v) is 7.18. The molecule has 2 heterocycles. The van der Waals surface area contributed by atoms with Gasteiger partial charge in [0.15, 0.2) is 0 Å². The summed E-state index contributed by atoms with van der Waals surface area (Å²) in [6.45, 7) is 1.91. The number of alkyl halides is 3. The van der Waals surface area contributed by atoms with Crippen molar-refractivity contribution in [3.8, 4) is 0 Å². The first-order valence-electron chi connectivity index (χ1n) is 9.43. The zero-order chi connectivity index (χ0) is 20.4. The van der Waals surface area contributed by atoms with E-state index in [1.165, 1.54) is 16.5 Å². The van der Waals surface area contributed by atoms with E-state index in [-0.39, 0.29) is 12.5 Å². The fraction of sp³-hybridized carbons (Fsp3) is 0.273. The molecule has 0 radical (unpaired) electrons. The number of pyridine rings is 1. The van der Waals surface area contributed by atoms with Gasteiger partial charge >= 0.3 is 6.18 Å². The summed E-state index contributed by atoms with van der Waals surface area (Å²) in [4.78, 5) is 20.2. The maximum absolute atomic E-state index is 12.9. The number of piperazine rings is 1. The van der Waals surface area contributed by atoms with E-state index < -0.39 is 11.7 Å². The Labute approximate surface area is 166 Å². The van der Waals surface area contributed by atoms with Gasteiger partial charge < -0.3 is 4.90 Å². The van der Waals surface area contributed by atoms with E-state index >= 15 is 0 Å². The minimum Gasteiger partial charge on any atom is -0.310 e. The molecule has 150 valence electrons. The predicted molar refractivity (Wildman–Crippen MR) is 106 cm³/mol. The van der Waals surface area contributed by atoms with Crippen molar-refractivity contribution >= 4 is 22.4 Å². The number of carbonyl (C=O) groups is 1. The van der Waals surface area contributed by atoms with Crippen LogP contribution in [0.15, 0.2) is 60.9 Å². The number of carbonyl (C=O) groups excluding carboxylic acids is 1. The zero-order valence-corrected chi connectivity index (χ0v) is 15.7. The van der Waals surface area contributed by atoms with E-state index in [9.17, 15) is 18.0 Å². The highest BCUT2D eigenvalue weighted by atomic mass is 19.4. The van der Waals surface area contributed by atoms with Crippen LogP contribution >= 0.6 is 0 Å². The number of rotatable bonds is 4. The molecule has 1 aromatic heterocycles. The van der Waals surface area contributed by atoms with E-state index in [0.717, 1.165) is 29.3 Å². The number of fused-ring (bicyclic) bond motifs is 1. The summed E-state index contributed by atoms with van der Waals surface area (Å²) in [7, 11) is 0. The molecule has 2 aromatic carbocycles. The third-order valence-corrected chi connectivity index (χ3v) is 5.21. The first-order valence-corrected chi connectivity index (χ1v) is 9.43. The molecule has 0 saturated carbocycles. The molecule has 4 nitrogen and oxygen atoms in total. The quantitative estimate of drug-likeness (QED) is 0.662. The molecule has 1 fully saturated rings. The molecule has 29 heavy (non-hydrogen) atoms. The molecule has 1 amide bonds. The summed E-state index contributed by atoms with van der Waals surface area (Å²) in [6.07, 6.45) is -0.0361. The first kappa shape index (κ1) is 19.4. The Hall–Kier alpha value is -2.93. The number of nitrogens with zero attached hydrogens (tertiary/aromatic N) is 3. The highest BCUT2D eigenvalue weighted by Crippen LogP contribution is 2.32. The zero-order valence-electron chi connectivity index (χ0n) is 15.7. The average Bonchev–Trinajstić information content (AvgIpc) is 2.71. The summed E-state index contributed by atoms with van der Waals surface area (Å²) < 4.78 is 38.8. The van der Waals surface area contributed by atoms with Crippen molar-refractivity contribution in [3.63, 3.8) is 0 Å². The van der Waals surface area contributed by atoms with Crippen molar-refractivity contribution in [3.05, 3.63) is 72.1 Å². The topological polar surface area (TPSA) is 36.4 Å². The lowest BCUT2D eigenvalue weighted by molar-refractivity contribution is -0.137. The standard InChI is InChI=1S/C22H20F3N3O/c23-22(24,25)19-2-1-3-20(13-19)28-11-10-27(15-21(28)29)9-7-16-4-5-17-6-8-26-14-18(17)12-16/h1-6,8,12-14H,7,9-11,15H2. The van der Waals surface area contributed by atoms with Crippen LogP contribution < -0.4 is 4.90 Å². The van der Waals surface area contributed by atoms with Crippen molar-refractivity contribution in [2.45, 2.75) is 12.6 Å². The number of anilines is 1. The van der Waals surface area contributed by atoms with E-state index in [1.54, 1.807) is 12.3 Å². The molecule has 1 aliphatic rings. The highest BCUT2D eigenvalue weighted by molar-refractivity contribution is 5.95. The van der Waals surface area contributed by atoms with Gasteiger partial charge in [0.2, 0.25) is 5.91 Å². The number of hydrogen-bond acceptors (Lipinski definition) is 3. The molecule has 0 spiro atoms. The van der Waals surface area contributed by atoms with E-state index in [0.29, 0.717) is 25.3 Å². The predicted octanol–water partition coefficient (Wildman–Crippen LogP) is 4.14. The largest absolute Gasteiger partial charge is 0.416 e. The highest BCUT2D eigenvalue weighted by Gasteiger charge is 2.32. The Balaban J connectivity index is 1.38. The maximum atomic E-state index is 12.9. The third kappa shape index (κ3) is 4.40. The van der Waals surface area contributed by atoms with Gasteiger partial charge in [0.25, 0.3) is 0 Å². The SMILES string of the molecule is O=C1CN(CCc2ccc3ccncc3c2)CCN1c1cccc(C(F)(F)F)c1. The molecule has 1 aliphatic heterocycles. The molecular formula is C22H20F3N3O. The molecule has 0 unspecified atom stereocenters. The number of aromatic nitrogens is 1. The van der Waals surface area contributed by atoms with Crippen LogP contribution in [-0.2, 0) is 17.4 Å². The van der Waals surface area contributed by atoms with Gasteiger partial charge in [-0.2, -0.15) is 13.2 Å². The second kappa shape index (κ2) is 7.83.